The lowest BCUT2D eigenvalue weighted by Gasteiger charge is -2.14. The molecule has 1 aromatic heterocycles. The van der Waals surface area contributed by atoms with E-state index in [0.717, 1.165) is 17.5 Å². The second-order valence-electron chi connectivity index (χ2n) is 6.21. The van der Waals surface area contributed by atoms with Gasteiger partial charge in [-0.1, -0.05) is 44.4 Å². The highest BCUT2D eigenvalue weighted by Gasteiger charge is 2.16. The highest BCUT2D eigenvalue weighted by molar-refractivity contribution is 5.98. The first-order chi connectivity index (χ1) is 13.5. The predicted octanol–water partition coefficient (Wildman–Crippen LogP) is 3.40. The van der Waals surface area contributed by atoms with Gasteiger partial charge in [-0.15, -0.1) is 0 Å². The summed E-state index contributed by atoms with van der Waals surface area (Å²) in [7, 11) is 0. The fourth-order valence-electron chi connectivity index (χ4n) is 2.58. The van der Waals surface area contributed by atoms with Crippen molar-refractivity contribution in [2.24, 2.45) is 4.99 Å². The monoisotopic (exact) mass is 378 g/mol. The Morgan fingerprint density at radius 1 is 1.29 bits per heavy atom. The summed E-state index contributed by atoms with van der Waals surface area (Å²) >= 11 is 0. The number of rotatable bonds is 9. The zero-order valence-corrected chi connectivity index (χ0v) is 16.5. The summed E-state index contributed by atoms with van der Waals surface area (Å²) < 4.78 is 0. The van der Waals surface area contributed by atoms with E-state index in [-0.39, 0.29) is 11.6 Å². The number of hydrazine groups is 1. The van der Waals surface area contributed by atoms with Gasteiger partial charge < -0.3 is 5.32 Å². The van der Waals surface area contributed by atoms with Crippen LogP contribution in [0, 0.1) is 6.92 Å². The molecule has 0 spiro atoms. The lowest BCUT2D eigenvalue weighted by Crippen LogP contribution is -2.28. The quantitative estimate of drug-likeness (QED) is 0.353. The van der Waals surface area contributed by atoms with Gasteiger partial charge in [0.2, 0.25) is 0 Å². The van der Waals surface area contributed by atoms with Gasteiger partial charge in [0.1, 0.15) is 18.4 Å². The number of nitrogens with zero attached hydrogens (tertiary/aromatic N) is 3. The van der Waals surface area contributed by atoms with Crippen LogP contribution < -0.4 is 16.2 Å². The normalized spacial score (nSPS) is 10.5. The molecule has 2 aromatic rings. The first-order valence-corrected chi connectivity index (χ1v) is 8.99. The van der Waals surface area contributed by atoms with E-state index in [1.54, 1.807) is 13.8 Å². The average molecular weight is 378 g/mol. The molecule has 1 aromatic carbocycles. The van der Waals surface area contributed by atoms with Crippen molar-refractivity contribution in [3.8, 4) is 0 Å². The number of carbonyl (C=O) groups excluding carboxylic acids is 1. The minimum absolute atomic E-state index is 0.254. The van der Waals surface area contributed by atoms with Gasteiger partial charge in [0, 0.05) is 12.2 Å². The van der Waals surface area contributed by atoms with Gasteiger partial charge in [-0.2, -0.15) is 0 Å². The number of benzene rings is 1. The maximum atomic E-state index is 12.7. The second-order valence-corrected chi connectivity index (χ2v) is 6.21. The number of nitrogens with one attached hydrogen (secondary N) is 3. The Labute approximate surface area is 165 Å². The molecule has 0 atom stereocenters. The van der Waals surface area contributed by atoms with Crippen molar-refractivity contribution in [3.05, 3.63) is 71.5 Å². The SMILES string of the molecule is C=Cc1ccc(CNC(=O)c2ncnc(C)c2NNC=NC(=C)C)c(CC)c1. The maximum absolute atomic E-state index is 12.7. The van der Waals surface area contributed by atoms with E-state index in [9.17, 15) is 4.79 Å². The number of aromatic nitrogens is 2. The molecule has 0 aliphatic rings. The highest BCUT2D eigenvalue weighted by atomic mass is 16.1. The summed E-state index contributed by atoms with van der Waals surface area (Å²) in [4.78, 5) is 25.0. The van der Waals surface area contributed by atoms with Gasteiger partial charge in [0.25, 0.3) is 5.91 Å². The third-order valence-corrected chi connectivity index (χ3v) is 4.08. The van der Waals surface area contributed by atoms with Crippen LogP contribution in [0.1, 0.15) is 46.7 Å². The van der Waals surface area contributed by atoms with E-state index in [0.29, 0.717) is 23.6 Å². The van der Waals surface area contributed by atoms with E-state index in [2.05, 4.69) is 57.3 Å². The third kappa shape index (κ3) is 5.51. The fraction of sp³-hybridized carbons (Fsp3) is 0.238. The van der Waals surface area contributed by atoms with Crippen LogP contribution in [0.3, 0.4) is 0 Å². The Bertz CT molecular complexity index is 904. The first kappa shape index (κ1) is 20.8. The number of hydrogen-bond acceptors (Lipinski definition) is 5. The van der Waals surface area contributed by atoms with Crippen LogP contribution in [-0.2, 0) is 13.0 Å². The Morgan fingerprint density at radius 2 is 2.07 bits per heavy atom. The standard InChI is InChI=1S/C21H26N6O/c1-6-16-8-9-18(17(7-2)10-16)11-22-21(28)20-19(15(5)24-12-25-20)27-26-13-23-14(3)4/h6,8-10,12-13,27H,1,3,7,11H2,2,4-5H3,(H,22,28)(H,23,26). The Hall–Kier alpha value is -3.48. The molecule has 146 valence electrons. The summed E-state index contributed by atoms with van der Waals surface area (Å²) in [5.74, 6) is -0.290. The average Bonchev–Trinajstić information content (AvgIpc) is 2.69. The van der Waals surface area contributed by atoms with Gasteiger partial charge >= 0.3 is 0 Å². The summed E-state index contributed by atoms with van der Waals surface area (Å²) in [6.45, 7) is 13.5. The number of hydrogen-bond donors (Lipinski definition) is 3. The molecule has 0 aliphatic heterocycles. The van der Waals surface area contributed by atoms with Crippen LogP contribution in [0.4, 0.5) is 5.69 Å². The van der Waals surface area contributed by atoms with Gasteiger partial charge in [0.15, 0.2) is 5.69 Å². The molecular weight excluding hydrogens is 352 g/mol. The van der Waals surface area contributed by atoms with E-state index in [1.165, 1.54) is 18.2 Å². The predicted molar refractivity (Wildman–Crippen MR) is 114 cm³/mol. The third-order valence-electron chi connectivity index (χ3n) is 4.08. The van der Waals surface area contributed by atoms with Crippen LogP contribution in [0.5, 0.6) is 0 Å². The molecule has 7 nitrogen and oxygen atoms in total. The van der Waals surface area contributed by atoms with E-state index in [4.69, 9.17) is 0 Å². The molecule has 3 N–H and O–H groups in total. The van der Waals surface area contributed by atoms with Gasteiger partial charge in [-0.3, -0.25) is 15.6 Å². The molecular formula is C21H26N6O. The summed E-state index contributed by atoms with van der Waals surface area (Å²) in [6, 6.07) is 6.08. The number of aryl methyl sites for hydroxylation is 2. The molecule has 1 heterocycles. The van der Waals surface area contributed by atoms with E-state index in [1.807, 2.05) is 18.2 Å². The number of allylic oxidation sites excluding steroid dienone is 1. The molecule has 0 unspecified atom stereocenters. The van der Waals surface area contributed by atoms with Crippen LogP contribution in [0.25, 0.3) is 6.08 Å². The van der Waals surface area contributed by atoms with Crippen molar-refractivity contribution in [3.63, 3.8) is 0 Å². The molecule has 0 bridgehead atoms. The Kier molecular flexibility index (Phi) is 7.45. The van der Waals surface area contributed by atoms with Crippen molar-refractivity contribution in [1.29, 1.82) is 0 Å². The van der Waals surface area contributed by atoms with Crippen LogP contribution in [0.15, 0.2) is 48.4 Å². The molecule has 1 amide bonds. The number of aliphatic imine (C=N–C) groups is 1. The molecule has 0 radical (unpaired) electrons. The van der Waals surface area contributed by atoms with Crippen LogP contribution in [-0.4, -0.2) is 22.2 Å². The molecule has 0 saturated carbocycles. The zero-order valence-electron chi connectivity index (χ0n) is 16.5. The second kappa shape index (κ2) is 10.0. The van der Waals surface area contributed by atoms with Gasteiger partial charge in [-0.25, -0.2) is 15.0 Å². The minimum Gasteiger partial charge on any atom is -0.347 e. The summed E-state index contributed by atoms with van der Waals surface area (Å²) in [5, 5.41) is 2.93. The molecule has 0 aliphatic carbocycles. The first-order valence-electron chi connectivity index (χ1n) is 8.99. The molecule has 0 fully saturated rings. The van der Waals surface area contributed by atoms with Crippen molar-refractivity contribution in [2.75, 3.05) is 5.43 Å². The largest absolute Gasteiger partial charge is 0.347 e. The van der Waals surface area contributed by atoms with E-state index < -0.39 is 0 Å². The zero-order chi connectivity index (χ0) is 20.5. The molecule has 7 heteroatoms. The molecule has 0 saturated heterocycles. The number of amides is 1. The van der Waals surface area contributed by atoms with Gasteiger partial charge in [-0.05, 0) is 37.0 Å². The fourth-order valence-corrected chi connectivity index (χ4v) is 2.58. The lowest BCUT2D eigenvalue weighted by atomic mass is 10.0. The number of anilines is 1. The number of carbonyl (C=O) groups is 1. The van der Waals surface area contributed by atoms with Crippen molar-refractivity contribution >= 4 is 24.0 Å². The van der Waals surface area contributed by atoms with Crippen LogP contribution in [0.2, 0.25) is 0 Å². The molecule has 2 rings (SSSR count). The highest BCUT2D eigenvalue weighted by Crippen LogP contribution is 2.17. The minimum atomic E-state index is -0.290. The van der Waals surface area contributed by atoms with Crippen molar-refractivity contribution in [1.82, 2.24) is 20.7 Å². The Balaban J connectivity index is 2.13. The topological polar surface area (TPSA) is 91.3 Å². The lowest BCUT2D eigenvalue weighted by molar-refractivity contribution is 0.0946. The maximum Gasteiger partial charge on any atom is 0.272 e. The van der Waals surface area contributed by atoms with E-state index >= 15 is 0 Å². The van der Waals surface area contributed by atoms with Crippen molar-refractivity contribution in [2.45, 2.75) is 33.7 Å². The smallest absolute Gasteiger partial charge is 0.272 e. The molecule has 28 heavy (non-hydrogen) atoms. The Morgan fingerprint density at radius 3 is 2.75 bits per heavy atom. The summed E-state index contributed by atoms with van der Waals surface area (Å²) in [6.07, 6.45) is 5.50. The van der Waals surface area contributed by atoms with Crippen molar-refractivity contribution < 1.29 is 4.79 Å². The summed E-state index contributed by atoms with van der Waals surface area (Å²) in [5.41, 5.74) is 11.1. The van der Waals surface area contributed by atoms with Crippen LogP contribution >= 0.6 is 0 Å². The van der Waals surface area contributed by atoms with Gasteiger partial charge in [0.05, 0.1) is 5.69 Å².